The van der Waals surface area contributed by atoms with Crippen molar-refractivity contribution in [3.63, 3.8) is 0 Å². The molecule has 1 aromatic rings. The number of aryl methyl sites for hydroxylation is 2. The van der Waals surface area contributed by atoms with Gasteiger partial charge in [0.05, 0.1) is 6.61 Å². The Morgan fingerprint density at radius 2 is 1.89 bits per heavy atom. The van der Waals surface area contributed by atoms with Gasteiger partial charge in [0.15, 0.2) is 5.78 Å². The van der Waals surface area contributed by atoms with Crippen LogP contribution in [0.15, 0.2) is 12.1 Å². The fourth-order valence-electron chi connectivity index (χ4n) is 4.48. The molecule has 5 heteroatoms. The summed E-state index contributed by atoms with van der Waals surface area (Å²) in [7, 11) is 0. The van der Waals surface area contributed by atoms with Crippen LogP contribution in [0.1, 0.15) is 69.9 Å². The van der Waals surface area contributed by atoms with E-state index in [1.165, 1.54) is 0 Å². The number of hydrogen-bond acceptors (Lipinski definition) is 5. The summed E-state index contributed by atoms with van der Waals surface area (Å²) in [5.74, 6) is 0.290. The van der Waals surface area contributed by atoms with E-state index in [4.69, 9.17) is 9.47 Å². The summed E-state index contributed by atoms with van der Waals surface area (Å²) < 4.78 is 11.5. The Morgan fingerprint density at radius 1 is 1.14 bits per heavy atom. The number of cyclic esters (lactones) is 1. The zero-order valence-electron chi connectivity index (χ0n) is 17.0. The largest absolute Gasteiger partial charge is 0.508 e. The molecule has 0 radical (unpaired) electrons. The Balaban J connectivity index is 1.65. The van der Waals surface area contributed by atoms with E-state index < -0.39 is 5.92 Å². The lowest BCUT2D eigenvalue weighted by atomic mass is 9.83. The van der Waals surface area contributed by atoms with E-state index in [1.54, 1.807) is 6.07 Å². The quantitative estimate of drug-likeness (QED) is 0.529. The van der Waals surface area contributed by atoms with Crippen molar-refractivity contribution in [1.29, 1.82) is 0 Å². The van der Waals surface area contributed by atoms with Crippen LogP contribution in [-0.4, -0.2) is 29.6 Å². The molecular formula is C23H32O5. The molecule has 1 saturated heterocycles. The Kier molecular flexibility index (Phi) is 6.97. The Hall–Kier alpha value is -2.04. The lowest BCUT2D eigenvalue weighted by Crippen LogP contribution is -2.41. The van der Waals surface area contributed by atoms with Crippen LogP contribution < -0.4 is 4.74 Å². The van der Waals surface area contributed by atoms with E-state index in [0.29, 0.717) is 31.6 Å². The van der Waals surface area contributed by atoms with Gasteiger partial charge < -0.3 is 14.6 Å². The molecule has 1 N–H and O–H groups in total. The molecule has 2 unspecified atom stereocenters. The molecule has 28 heavy (non-hydrogen) atoms. The Morgan fingerprint density at radius 3 is 2.54 bits per heavy atom. The van der Waals surface area contributed by atoms with Crippen molar-refractivity contribution in [2.45, 2.75) is 77.7 Å². The van der Waals surface area contributed by atoms with Crippen molar-refractivity contribution >= 4 is 11.8 Å². The van der Waals surface area contributed by atoms with Crippen LogP contribution >= 0.6 is 0 Å². The summed E-state index contributed by atoms with van der Waals surface area (Å²) in [6.07, 6.45) is 6.92. The van der Waals surface area contributed by atoms with Crippen molar-refractivity contribution in [3.05, 3.63) is 23.3 Å². The number of Topliss-reactive ketones (excluding diaryl/α,β-unsaturated/α-hetero) is 1. The predicted octanol–water partition coefficient (Wildman–Crippen LogP) is 4.37. The molecule has 2 atom stereocenters. The number of esters is 1. The first-order chi connectivity index (χ1) is 13.5. The van der Waals surface area contributed by atoms with E-state index in [1.807, 2.05) is 19.9 Å². The smallest absolute Gasteiger partial charge is 0.317 e. The number of benzene rings is 1. The molecule has 1 aliphatic carbocycles. The third-order valence-electron chi connectivity index (χ3n) is 6.02. The maximum atomic E-state index is 12.6. The van der Waals surface area contributed by atoms with Gasteiger partial charge in [-0.1, -0.05) is 26.7 Å². The van der Waals surface area contributed by atoms with Crippen molar-refractivity contribution in [2.75, 3.05) is 6.61 Å². The molecule has 1 saturated carbocycles. The Labute approximate surface area is 167 Å². The molecule has 0 amide bonds. The van der Waals surface area contributed by atoms with E-state index >= 15 is 0 Å². The van der Waals surface area contributed by atoms with Crippen LogP contribution in [0.4, 0.5) is 0 Å². The molecule has 2 aliphatic rings. The number of hydrogen-bond donors (Lipinski definition) is 1. The summed E-state index contributed by atoms with van der Waals surface area (Å²) >= 11 is 0. The normalized spacial score (nSPS) is 23.1. The summed E-state index contributed by atoms with van der Waals surface area (Å²) in [6, 6.07) is 3.64. The highest BCUT2D eigenvalue weighted by Crippen LogP contribution is 2.37. The average Bonchev–Trinajstić information content (AvgIpc) is 3.19. The van der Waals surface area contributed by atoms with Gasteiger partial charge in [-0.05, 0) is 61.6 Å². The van der Waals surface area contributed by atoms with Gasteiger partial charge in [0.1, 0.15) is 23.5 Å². The highest BCUT2D eigenvalue weighted by Gasteiger charge is 2.42. The van der Waals surface area contributed by atoms with Crippen molar-refractivity contribution in [2.24, 2.45) is 11.8 Å². The number of carbonyl (C=O) groups is 2. The van der Waals surface area contributed by atoms with Crippen molar-refractivity contribution in [1.82, 2.24) is 0 Å². The molecular weight excluding hydrogens is 356 g/mol. The van der Waals surface area contributed by atoms with Crippen molar-refractivity contribution in [3.8, 4) is 11.5 Å². The molecule has 2 fully saturated rings. The van der Waals surface area contributed by atoms with E-state index in [9.17, 15) is 14.7 Å². The summed E-state index contributed by atoms with van der Waals surface area (Å²) in [5, 5.41) is 10.1. The van der Waals surface area contributed by atoms with Crippen LogP contribution in [0.3, 0.4) is 0 Å². The lowest BCUT2D eigenvalue weighted by molar-refractivity contribution is -0.167. The molecule has 3 rings (SSSR count). The van der Waals surface area contributed by atoms with Crippen LogP contribution in [0, 0.1) is 11.8 Å². The molecule has 1 aromatic carbocycles. The van der Waals surface area contributed by atoms with Crippen LogP contribution in [0.25, 0.3) is 0 Å². The maximum absolute atomic E-state index is 12.6. The molecule has 1 aliphatic heterocycles. The van der Waals surface area contributed by atoms with E-state index in [-0.39, 0.29) is 29.5 Å². The number of phenols is 1. The van der Waals surface area contributed by atoms with Crippen molar-refractivity contribution < 1.29 is 24.2 Å². The fourth-order valence-corrected chi connectivity index (χ4v) is 4.48. The second kappa shape index (κ2) is 9.44. The highest BCUT2D eigenvalue weighted by molar-refractivity contribution is 6.01. The summed E-state index contributed by atoms with van der Waals surface area (Å²) in [6.45, 7) is 4.61. The van der Waals surface area contributed by atoms with Gasteiger partial charge in [-0.2, -0.15) is 0 Å². The minimum absolute atomic E-state index is 0.0514. The summed E-state index contributed by atoms with van der Waals surface area (Å²) in [5.41, 5.74) is 1.86. The van der Waals surface area contributed by atoms with E-state index in [0.717, 1.165) is 49.7 Å². The first kappa shape index (κ1) is 20.7. The Bertz CT molecular complexity index is 687. The monoisotopic (exact) mass is 388 g/mol. The van der Waals surface area contributed by atoms with Gasteiger partial charge in [-0.25, -0.2) is 0 Å². The predicted molar refractivity (Wildman–Crippen MR) is 107 cm³/mol. The maximum Gasteiger partial charge on any atom is 0.317 e. The lowest BCUT2D eigenvalue weighted by Gasteiger charge is -2.30. The minimum Gasteiger partial charge on any atom is -0.508 e. The van der Waals surface area contributed by atoms with E-state index in [2.05, 4.69) is 0 Å². The summed E-state index contributed by atoms with van der Waals surface area (Å²) in [4.78, 5) is 25.1. The topological polar surface area (TPSA) is 72.8 Å². The SMILES string of the molecule is CCCOc1cc(O)c(CC)cc1CCC1CC(=O)C(C2CCCC2)C(=O)O1. The second-order valence-corrected chi connectivity index (χ2v) is 8.08. The zero-order chi connectivity index (χ0) is 20.1. The number of phenolic OH excluding ortho intramolecular Hbond substituents is 1. The third kappa shape index (κ3) is 4.68. The average molecular weight is 389 g/mol. The van der Waals surface area contributed by atoms with Crippen LogP contribution in [0.2, 0.25) is 0 Å². The van der Waals surface area contributed by atoms with Crippen LogP contribution in [-0.2, 0) is 27.2 Å². The number of ether oxygens (including phenoxy) is 2. The molecule has 0 bridgehead atoms. The zero-order valence-corrected chi connectivity index (χ0v) is 17.0. The van der Waals surface area contributed by atoms with Gasteiger partial charge in [0, 0.05) is 12.5 Å². The van der Waals surface area contributed by atoms with Gasteiger partial charge in [-0.15, -0.1) is 0 Å². The number of rotatable bonds is 8. The molecule has 154 valence electrons. The first-order valence-electron chi connectivity index (χ1n) is 10.7. The fraction of sp³-hybridized carbons (Fsp3) is 0.652. The number of aromatic hydroxyl groups is 1. The number of ketones is 1. The van der Waals surface area contributed by atoms with Gasteiger partial charge >= 0.3 is 5.97 Å². The number of carbonyl (C=O) groups excluding carboxylic acids is 2. The highest BCUT2D eigenvalue weighted by atomic mass is 16.5. The van der Waals surface area contributed by atoms with Gasteiger partial charge in [-0.3, -0.25) is 9.59 Å². The second-order valence-electron chi connectivity index (χ2n) is 8.08. The van der Waals surface area contributed by atoms with Crippen LogP contribution in [0.5, 0.6) is 11.5 Å². The molecule has 0 spiro atoms. The first-order valence-corrected chi connectivity index (χ1v) is 10.7. The molecule has 5 nitrogen and oxygen atoms in total. The van der Waals surface area contributed by atoms with Gasteiger partial charge in [0.2, 0.25) is 0 Å². The molecule has 0 aromatic heterocycles. The minimum atomic E-state index is -0.539. The third-order valence-corrected chi connectivity index (χ3v) is 6.02. The van der Waals surface area contributed by atoms with Gasteiger partial charge in [0.25, 0.3) is 0 Å². The molecule has 1 heterocycles. The standard InChI is InChI=1S/C23H32O5/c1-3-11-27-21-14-19(24)15(4-2)12-17(21)9-10-18-13-20(25)22(23(26)28-18)16-7-5-6-8-16/h12,14,16,18,22,24H,3-11,13H2,1-2H3.